The molecule has 1 amide bonds. The largest absolute Gasteiger partial charge is 0.493 e. The molecular formula is C27H19BrFN3O3. The van der Waals surface area contributed by atoms with Crippen LogP contribution in [0.3, 0.4) is 0 Å². The molecule has 8 heteroatoms. The van der Waals surface area contributed by atoms with Crippen LogP contribution in [-0.4, -0.2) is 19.2 Å². The van der Waals surface area contributed by atoms with Crippen LogP contribution >= 0.6 is 15.9 Å². The molecule has 0 aliphatic rings. The van der Waals surface area contributed by atoms with Crippen molar-refractivity contribution in [1.82, 2.24) is 5.43 Å². The van der Waals surface area contributed by atoms with Crippen molar-refractivity contribution in [3.05, 3.63) is 105 Å². The maximum Gasteiger partial charge on any atom is 0.274 e. The molecule has 0 unspecified atom stereocenters. The summed E-state index contributed by atoms with van der Waals surface area (Å²) in [7, 11) is 1.53. The number of nitrogens with zero attached hydrogens (tertiary/aromatic N) is 2. The predicted octanol–water partition coefficient (Wildman–Crippen LogP) is 5.96. The molecule has 4 aromatic rings. The fraction of sp³-hybridized carbons (Fsp3) is 0.0741. The number of carbonyl (C=O) groups is 1. The van der Waals surface area contributed by atoms with Crippen molar-refractivity contribution in [3.63, 3.8) is 0 Å². The van der Waals surface area contributed by atoms with Crippen LogP contribution in [-0.2, 0) is 6.61 Å². The number of hydrogen-bond acceptors (Lipinski definition) is 5. The monoisotopic (exact) mass is 531 g/mol. The van der Waals surface area contributed by atoms with E-state index in [-0.39, 0.29) is 11.1 Å². The van der Waals surface area contributed by atoms with Crippen LogP contribution in [0.25, 0.3) is 10.8 Å². The number of nitriles is 1. The summed E-state index contributed by atoms with van der Waals surface area (Å²) in [6, 6.07) is 23.0. The lowest BCUT2D eigenvalue weighted by molar-refractivity contribution is 0.0951. The minimum absolute atomic E-state index is 0.127. The van der Waals surface area contributed by atoms with Crippen molar-refractivity contribution in [2.45, 2.75) is 6.61 Å². The zero-order valence-corrected chi connectivity index (χ0v) is 20.2. The second kappa shape index (κ2) is 10.8. The first-order valence-corrected chi connectivity index (χ1v) is 11.3. The molecule has 174 valence electrons. The lowest BCUT2D eigenvalue weighted by Gasteiger charge is -2.14. The molecule has 6 nitrogen and oxygen atoms in total. The second-order valence-electron chi connectivity index (χ2n) is 7.47. The van der Waals surface area contributed by atoms with Gasteiger partial charge < -0.3 is 9.47 Å². The number of fused-ring (bicyclic) bond motifs is 1. The zero-order chi connectivity index (χ0) is 24.8. The van der Waals surface area contributed by atoms with Crippen molar-refractivity contribution in [1.29, 1.82) is 5.26 Å². The number of halogens is 2. The molecule has 0 aliphatic carbocycles. The van der Waals surface area contributed by atoms with Crippen molar-refractivity contribution in [2.24, 2.45) is 5.10 Å². The first kappa shape index (κ1) is 23.9. The van der Waals surface area contributed by atoms with Gasteiger partial charge in [-0.05, 0) is 68.2 Å². The number of benzene rings is 4. The van der Waals surface area contributed by atoms with Crippen molar-refractivity contribution in [3.8, 4) is 17.6 Å². The van der Waals surface area contributed by atoms with Crippen LogP contribution in [0.4, 0.5) is 4.39 Å². The van der Waals surface area contributed by atoms with E-state index in [9.17, 15) is 9.18 Å². The Morgan fingerprint density at radius 1 is 1.14 bits per heavy atom. The van der Waals surface area contributed by atoms with Gasteiger partial charge in [0.2, 0.25) is 0 Å². The van der Waals surface area contributed by atoms with Gasteiger partial charge in [-0.25, -0.2) is 9.82 Å². The van der Waals surface area contributed by atoms with Crippen molar-refractivity contribution >= 4 is 38.8 Å². The molecule has 0 aliphatic heterocycles. The third kappa shape index (κ3) is 5.48. The Kier molecular flexibility index (Phi) is 7.38. The standard InChI is InChI=1S/C27H19BrFN3O3/c1-34-25-13-18(15-31-32-27(33)22-10-9-17(14-30)12-24(22)29)11-23(28)26(25)35-16-20-7-4-6-19-5-2-3-8-21(19)20/h2-13,15H,16H2,1H3,(H,32,33)/b31-15+. The second-order valence-corrected chi connectivity index (χ2v) is 8.32. The average molecular weight is 532 g/mol. The van der Waals surface area contributed by atoms with E-state index in [0.29, 0.717) is 28.1 Å². The highest BCUT2D eigenvalue weighted by molar-refractivity contribution is 9.10. The van der Waals surface area contributed by atoms with Crippen LogP contribution in [0, 0.1) is 17.1 Å². The molecule has 35 heavy (non-hydrogen) atoms. The third-order valence-corrected chi connectivity index (χ3v) is 5.82. The number of nitrogens with one attached hydrogen (secondary N) is 1. The Morgan fingerprint density at radius 2 is 1.94 bits per heavy atom. The molecule has 0 fully saturated rings. The van der Waals surface area contributed by atoms with Gasteiger partial charge in [-0.15, -0.1) is 0 Å². The molecule has 4 aromatic carbocycles. The van der Waals surface area contributed by atoms with Crippen LogP contribution < -0.4 is 14.9 Å². The Labute approximate surface area is 209 Å². The number of ether oxygens (including phenoxy) is 2. The fourth-order valence-electron chi connectivity index (χ4n) is 3.52. The Bertz CT molecular complexity index is 1480. The van der Waals surface area contributed by atoms with E-state index in [2.05, 4.69) is 44.7 Å². The van der Waals surface area contributed by atoms with Gasteiger partial charge in [0.25, 0.3) is 5.91 Å². The molecule has 0 heterocycles. The summed E-state index contributed by atoms with van der Waals surface area (Å²) in [4.78, 5) is 12.2. The molecule has 1 N–H and O–H groups in total. The van der Waals surface area contributed by atoms with Crippen LogP contribution in [0.1, 0.15) is 27.0 Å². The molecule has 0 spiro atoms. The highest BCUT2D eigenvalue weighted by Gasteiger charge is 2.14. The highest BCUT2D eigenvalue weighted by atomic mass is 79.9. The lowest BCUT2D eigenvalue weighted by atomic mass is 10.1. The molecule has 0 atom stereocenters. The van der Waals surface area contributed by atoms with E-state index in [0.717, 1.165) is 22.4 Å². The minimum Gasteiger partial charge on any atom is -0.493 e. The van der Waals surface area contributed by atoms with Crippen LogP contribution in [0.5, 0.6) is 11.5 Å². The van der Waals surface area contributed by atoms with Gasteiger partial charge in [0.05, 0.1) is 35.0 Å². The number of methoxy groups -OCH3 is 1. The summed E-state index contributed by atoms with van der Waals surface area (Å²) in [6.07, 6.45) is 1.40. The summed E-state index contributed by atoms with van der Waals surface area (Å²) in [5.41, 5.74) is 3.86. The summed E-state index contributed by atoms with van der Waals surface area (Å²) in [5, 5.41) is 15.0. The molecule has 0 saturated carbocycles. The third-order valence-electron chi connectivity index (χ3n) is 5.23. The molecule has 4 rings (SSSR count). The summed E-state index contributed by atoms with van der Waals surface area (Å²) >= 11 is 3.51. The van der Waals surface area contributed by atoms with Gasteiger partial charge in [-0.3, -0.25) is 4.79 Å². The van der Waals surface area contributed by atoms with Crippen molar-refractivity contribution in [2.75, 3.05) is 7.11 Å². The Hall–Kier alpha value is -4.22. The normalized spacial score (nSPS) is 10.8. The van der Waals surface area contributed by atoms with E-state index in [1.165, 1.54) is 25.5 Å². The van der Waals surface area contributed by atoms with Gasteiger partial charge in [0.15, 0.2) is 11.5 Å². The average Bonchev–Trinajstić information content (AvgIpc) is 2.87. The topological polar surface area (TPSA) is 83.7 Å². The zero-order valence-electron chi connectivity index (χ0n) is 18.6. The van der Waals surface area contributed by atoms with Crippen LogP contribution in [0.2, 0.25) is 0 Å². The molecule has 0 aromatic heterocycles. The van der Waals surface area contributed by atoms with E-state index in [1.54, 1.807) is 12.1 Å². The predicted molar refractivity (Wildman–Crippen MR) is 135 cm³/mol. The van der Waals surface area contributed by atoms with Gasteiger partial charge in [0, 0.05) is 0 Å². The number of hydrogen-bond donors (Lipinski definition) is 1. The number of amides is 1. The Morgan fingerprint density at radius 3 is 2.71 bits per heavy atom. The van der Waals surface area contributed by atoms with E-state index in [1.807, 2.05) is 30.3 Å². The van der Waals surface area contributed by atoms with Gasteiger partial charge in [0.1, 0.15) is 12.4 Å². The van der Waals surface area contributed by atoms with E-state index < -0.39 is 11.7 Å². The van der Waals surface area contributed by atoms with Crippen molar-refractivity contribution < 1.29 is 18.7 Å². The number of rotatable bonds is 7. The SMILES string of the molecule is COc1cc(/C=N/NC(=O)c2ccc(C#N)cc2F)cc(Br)c1OCc1cccc2ccccc12. The van der Waals surface area contributed by atoms with E-state index >= 15 is 0 Å². The lowest BCUT2D eigenvalue weighted by Crippen LogP contribution is -2.19. The van der Waals surface area contributed by atoms with Gasteiger partial charge in [-0.2, -0.15) is 10.4 Å². The number of carbonyl (C=O) groups excluding carboxylic acids is 1. The maximum atomic E-state index is 14.0. The van der Waals surface area contributed by atoms with E-state index in [4.69, 9.17) is 14.7 Å². The summed E-state index contributed by atoms with van der Waals surface area (Å²) in [6.45, 7) is 0.343. The van der Waals surface area contributed by atoms with Gasteiger partial charge >= 0.3 is 0 Å². The number of hydrazone groups is 1. The highest BCUT2D eigenvalue weighted by Crippen LogP contribution is 2.37. The molecular weight excluding hydrogens is 513 g/mol. The molecule has 0 radical (unpaired) electrons. The summed E-state index contributed by atoms with van der Waals surface area (Å²) < 4.78 is 26.2. The van der Waals surface area contributed by atoms with Gasteiger partial charge in [-0.1, -0.05) is 42.5 Å². The first-order chi connectivity index (χ1) is 17.0. The maximum absolute atomic E-state index is 14.0. The quantitative estimate of drug-likeness (QED) is 0.235. The minimum atomic E-state index is -0.797. The fourth-order valence-corrected chi connectivity index (χ4v) is 4.09. The first-order valence-electron chi connectivity index (χ1n) is 10.5. The molecule has 0 bridgehead atoms. The smallest absolute Gasteiger partial charge is 0.274 e. The summed E-state index contributed by atoms with van der Waals surface area (Å²) in [5.74, 6) is -0.523. The molecule has 0 saturated heterocycles. The van der Waals surface area contributed by atoms with Crippen LogP contribution in [0.15, 0.2) is 82.4 Å². The Balaban J connectivity index is 1.48.